The molecule has 2 saturated heterocycles. The zero-order chi connectivity index (χ0) is 16.7. The Labute approximate surface area is 171 Å². The number of benzene rings is 1. The van der Waals surface area contributed by atoms with Gasteiger partial charge in [-0.3, -0.25) is 4.79 Å². The summed E-state index contributed by atoms with van der Waals surface area (Å²) >= 11 is 1.51. The van der Waals surface area contributed by atoms with Gasteiger partial charge in [0, 0.05) is 30.7 Å². The number of nitrogens with one attached hydrogen (secondary N) is 1. The van der Waals surface area contributed by atoms with Crippen molar-refractivity contribution in [2.45, 2.75) is 50.7 Å². The highest BCUT2D eigenvalue weighted by Crippen LogP contribution is 2.32. The normalized spacial score (nSPS) is 23.7. The SMILES string of the molecule is Cc1nc(-c2ccccc2)sc1C(=O)N(C)C1CC2CCC(C1)N2.Cl.Cl. The molecule has 1 amide bonds. The van der Waals surface area contributed by atoms with E-state index in [4.69, 9.17) is 0 Å². The number of hydrogen-bond acceptors (Lipinski definition) is 4. The highest BCUT2D eigenvalue weighted by molar-refractivity contribution is 7.17. The zero-order valence-corrected chi connectivity index (χ0v) is 17.4. The van der Waals surface area contributed by atoms with Crippen LogP contribution in [0.15, 0.2) is 30.3 Å². The minimum Gasteiger partial charge on any atom is -0.338 e. The lowest BCUT2D eigenvalue weighted by Gasteiger charge is -2.35. The van der Waals surface area contributed by atoms with Gasteiger partial charge in [-0.2, -0.15) is 0 Å². The fraction of sp³-hybridized carbons (Fsp3) is 0.474. The van der Waals surface area contributed by atoms with E-state index >= 15 is 0 Å². The summed E-state index contributed by atoms with van der Waals surface area (Å²) in [6.07, 6.45) is 4.64. The number of amides is 1. The molecule has 26 heavy (non-hydrogen) atoms. The van der Waals surface area contributed by atoms with E-state index in [-0.39, 0.29) is 30.7 Å². The predicted octanol–water partition coefficient (Wildman–Crippen LogP) is 4.32. The minimum absolute atomic E-state index is 0. The standard InChI is InChI=1S/C19H23N3OS.2ClH/c1-12-17(24-18(20-12)13-6-4-3-5-7-13)19(23)22(2)16-10-14-8-9-15(11-16)21-14;;/h3-7,14-16,21H,8-11H2,1-2H3;2*1H. The molecule has 2 aliphatic rings. The van der Waals surface area contributed by atoms with Crippen molar-refractivity contribution in [3.8, 4) is 10.6 Å². The van der Waals surface area contributed by atoms with E-state index in [2.05, 4.69) is 10.3 Å². The largest absolute Gasteiger partial charge is 0.338 e. The lowest BCUT2D eigenvalue weighted by Crippen LogP contribution is -2.48. The second-order valence-corrected chi connectivity index (χ2v) is 7.98. The van der Waals surface area contributed by atoms with Gasteiger partial charge in [0.15, 0.2) is 0 Å². The predicted molar refractivity (Wildman–Crippen MR) is 112 cm³/mol. The van der Waals surface area contributed by atoms with E-state index in [0.29, 0.717) is 18.1 Å². The molecule has 0 saturated carbocycles. The van der Waals surface area contributed by atoms with Crippen LogP contribution >= 0.6 is 36.2 Å². The van der Waals surface area contributed by atoms with E-state index in [9.17, 15) is 4.79 Å². The van der Waals surface area contributed by atoms with E-state index in [1.165, 1.54) is 24.2 Å². The first-order valence-corrected chi connectivity index (χ1v) is 9.49. The molecular formula is C19H25Cl2N3OS. The number of fused-ring (bicyclic) bond motifs is 2. The summed E-state index contributed by atoms with van der Waals surface area (Å²) in [4.78, 5) is 20.4. The smallest absolute Gasteiger partial charge is 0.265 e. The fourth-order valence-electron chi connectivity index (χ4n) is 3.97. The van der Waals surface area contributed by atoms with E-state index in [0.717, 1.165) is 34.0 Å². The maximum absolute atomic E-state index is 13.0. The molecule has 0 spiro atoms. The number of hydrogen-bond donors (Lipinski definition) is 1. The minimum atomic E-state index is 0. The molecule has 1 aromatic carbocycles. The summed E-state index contributed by atoms with van der Waals surface area (Å²) in [5.74, 6) is 0.124. The van der Waals surface area contributed by atoms with Gasteiger partial charge in [-0.1, -0.05) is 30.3 Å². The van der Waals surface area contributed by atoms with Crippen molar-refractivity contribution in [2.75, 3.05) is 7.05 Å². The first-order chi connectivity index (χ1) is 11.6. The Morgan fingerprint density at radius 2 is 1.77 bits per heavy atom. The molecule has 2 unspecified atom stereocenters. The first kappa shape index (κ1) is 21.2. The lowest BCUT2D eigenvalue weighted by molar-refractivity contribution is 0.0685. The Hall–Kier alpha value is -1.14. The molecule has 2 fully saturated rings. The molecule has 142 valence electrons. The molecule has 0 aliphatic carbocycles. The average Bonchev–Trinajstić information content (AvgIpc) is 3.16. The monoisotopic (exact) mass is 413 g/mol. The van der Waals surface area contributed by atoms with Crippen molar-refractivity contribution in [3.63, 3.8) is 0 Å². The van der Waals surface area contributed by atoms with Gasteiger partial charge in [-0.25, -0.2) is 4.98 Å². The Bertz CT molecular complexity index is 740. The number of carbonyl (C=O) groups is 1. The molecule has 2 atom stereocenters. The van der Waals surface area contributed by atoms with Crippen molar-refractivity contribution < 1.29 is 4.79 Å². The Morgan fingerprint density at radius 3 is 2.38 bits per heavy atom. The third kappa shape index (κ3) is 4.06. The summed E-state index contributed by atoms with van der Waals surface area (Å²) < 4.78 is 0. The van der Waals surface area contributed by atoms with Crippen LogP contribution in [-0.2, 0) is 0 Å². The fourth-order valence-corrected chi connectivity index (χ4v) is 5.02. The maximum Gasteiger partial charge on any atom is 0.265 e. The van der Waals surface area contributed by atoms with E-state index in [1.54, 1.807) is 0 Å². The molecule has 4 rings (SSSR count). The number of thiazole rings is 1. The Kier molecular flexibility index (Phi) is 7.08. The molecule has 1 N–H and O–H groups in total. The van der Waals surface area contributed by atoms with E-state index in [1.807, 2.05) is 49.2 Å². The summed E-state index contributed by atoms with van der Waals surface area (Å²) in [7, 11) is 1.96. The van der Waals surface area contributed by atoms with Gasteiger partial charge in [-0.15, -0.1) is 36.2 Å². The van der Waals surface area contributed by atoms with Gasteiger partial charge in [0.05, 0.1) is 5.69 Å². The van der Waals surface area contributed by atoms with Crippen LogP contribution in [0, 0.1) is 6.92 Å². The molecule has 2 aromatic rings. The van der Waals surface area contributed by atoms with Gasteiger partial charge >= 0.3 is 0 Å². The van der Waals surface area contributed by atoms with Crippen molar-refractivity contribution in [2.24, 2.45) is 0 Å². The molecule has 2 aliphatic heterocycles. The number of halogens is 2. The lowest BCUT2D eigenvalue weighted by atomic mass is 9.98. The summed E-state index contributed by atoms with van der Waals surface area (Å²) in [6.45, 7) is 1.94. The van der Waals surface area contributed by atoms with Crippen LogP contribution in [-0.4, -0.2) is 41.0 Å². The highest BCUT2D eigenvalue weighted by Gasteiger charge is 2.37. The van der Waals surface area contributed by atoms with Gasteiger partial charge in [0.25, 0.3) is 5.91 Å². The van der Waals surface area contributed by atoms with Crippen molar-refractivity contribution >= 4 is 42.1 Å². The van der Waals surface area contributed by atoms with Crippen LogP contribution in [0.3, 0.4) is 0 Å². The first-order valence-electron chi connectivity index (χ1n) is 8.68. The van der Waals surface area contributed by atoms with Crippen LogP contribution in [0.2, 0.25) is 0 Å². The van der Waals surface area contributed by atoms with Crippen molar-refractivity contribution in [3.05, 3.63) is 40.9 Å². The maximum atomic E-state index is 13.0. The number of piperidine rings is 1. The number of carbonyl (C=O) groups excluding carboxylic acids is 1. The molecule has 7 heteroatoms. The third-order valence-corrected chi connectivity index (χ3v) is 6.52. The molecule has 1 aromatic heterocycles. The summed E-state index contributed by atoms with van der Waals surface area (Å²) in [5, 5.41) is 4.57. The van der Waals surface area contributed by atoms with Crippen LogP contribution in [0.1, 0.15) is 41.0 Å². The van der Waals surface area contributed by atoms with Crippen LogP contribution < -0.4 is 5.32 Å². The van der Waals surface area contributed by atoms with Gasteiger partial charge in [0.2, 0.25) is 0 Å². The second kappa shape index (κ2) is 8.70. The Morgan fingerprint density at radius 1 is 1.15 bits per heavy atom. The van der Waals surface area contributed by atoms with Crippen molar-refractivity contribution in [1.82, 2.24) is 15.2 Å². The van der Waals surface area contributed by atoms with Crippen LogP contribution in [0.25, 0.3) is 10.6 Å². The van der Waals surface area contributed by atoms with Crippen LogP contribution in [0.5, 0.6) is 0 Å². The molecule has 3 heterocycles. The number of rotatable bonds is 3. The molecule has 4 nitrogen and oxygen atoms in total. The highest BCUT2D eigenvalue weighted by atomic mass is 35.5. The van der Waals surface area contributed by atoms with E-state index < -0.39 is 0 Å². The summed E-state index contributed by atoms with van der Waals surface area (Å²) in [6, 6.07) is 11.6. The van der Waals surface area contributed by atoms with Crippen LogP contribution in [0.4, 0.5) is 0 Å². The van der Waals surface area contributed by atoms with Crippen molar-refractivity contribution in [1.29, 1.82) is 0 Å². The van der Waals surface area contributed by atoms with Gasteiger partial charge < -0.3 is 10.2 Å². The summed E-state index contributed by atoms with van der Waals surface area (Å²) in [5.41, 5.74) is 1.92. The molecule has 2 bridgehead atoms. The number of nitrogens with zero attached hydrogens (tertiary/aromatic N) is 2. The zero-order valence-electron chi connectivity index (χ0n) is 15.0. The molecule has 0 radical (unpaired) electrons. The van der Waals surface area contributed by atoms with Gasteiger partial charge in [0.1, 0.15) is 9.88 Å². The second-order valence-electron chi connectivity index (χ2n) is 6.98. The van der Waals surface area contributed by atoms with Gasteiger partial charge in [-0.05, 0) is 32.6 Å². The quantitative estimate of drug-likeness (QED) is 0.814. The average molecular weight is 414 g/mol. The number of aryl methyl sites for hydroxylation is 1. The third-order valence-electron chi connectivity index (χ3n) is 5.33. The topological polar surface area (TPSA) is 45.2 Å². The molecular weight excluding hydrogens is 389 g/mol. The number of aromatic nitrogens is 1. The Balaban J connectivity index is 0.00000121.